The summed E-state index contributed by atoms with van der Waals surface area (Å²) >= 11 is 0. The maximum atomic E-state index is 4.32. The molecule has 0 radical (unpaired) electrons. The summed E-state index contributed by atoms with van der Waals surface area (Å²) in [6, 6.07) is 4.07. The van der Waals surface area contributed by atoms with E-state index in [4.69, 9.17) is 0 Å². The predicted octanol–water partition coefficient (Wildman–Crippen LogP) is 2.85. The maximum Gasteiger partial charge on any atom is 0.128 e. The summed E-state index contributed by atoms with van der Waals surface area (Å²) in [4.78, 5) is 4.32. The van der Waals surface area contributed by atoms with E-state index in [1.165, 1.54) is 18.4 Å². The summed E-state index contributed by atoms with van der Waals surface area (Å²) in [7, 11) is 0. The molecule has 1 saturated carbocycles. The normalized spacial score (nSPS) is 17.9. The fourth-order valence-electron chi connectivity index (χ4n) is 1.76. The third-order valence-corrected chi connectivity index (χ3v) is 3.03. The lowest BCUT2D eigenvalue weighted by molar-refractivity contribution is 0.536. The van der Waals surface area contributed by atoms with E-state index in [0.717, 1.165) is 24.2 Å². The van der Waals surface area contributed by atoms with Gasteiger partial charge in [0.05, 0.1) is 0 Å². The molecule has 0 spiro atoms. The largest absolute Gasteiger partial charge is 0.370 e. The van der Waals surface area contributed by atoms with Crippen molar-refractivity contribution in [1.82, 2.24) is 4.98 Å². The number of anilines is 1. The van der Waals surface area contributed by atoms with Crippen molar-refractivity contribution in [3.8, 4) is 0 Å². The number of nitrogens with zero attached hydrogens (tertiary/aromatic N) is 1. The molecule has 1 aliphatic carbocycles. The van der Waals surface area contributed by atoms with E-state index in [2.05, 4.69) is 30.2 Å². The highest BCUT2D eigenvalue weighted by Gasteiger charge is 2.27. The Morgan fingerprint density at radius 1 is 1.57 bits per heavy atom. The second-order valence-corrected chi connectivity index (χ2v) is 4.36. The van der Waals surface area contributed by atoms with Crippen molar-refractivity contribution in [2.24, 2.45) is 11.8 Å². The molecule has 1 aliphatic rings. The van der Waals surface area contributed by atoms with Gasteiger partial charge in [-0.1, -0.05) is 13.0 Å². The zero-order valence-electron chi connectivity index (χ0n) is 8.96. The minimum absolute atomic E-state index is 0.788. The molecule has 2 nitrogen and oxygen atoms in total. The zero-order chi connectivity index (χ0) is 9.97. The van der Waals surface area contributed by atoms with E-state index in [9.17, 15) is 0 Å². The first kappa shape index (κ1) is 9.50. The van der Waals surface area contributed by atoms with E-state index in [-0.39, 0.29) is 0 Å². The standard InChI is InChI=1S/C12H18N2/c1-9-4-3-7-13-12(9)14-8-10(2)11-5-6-11/h3-4,7,10-11H,5-6,8H2,1-2H3,(H,13,14). The van der Waals surface area contributed by atoms with Crippen molar-refractivity contribution in [1.29, 1.82) is 0 Å². The Morgan fingerprint density at radius 3 is 3.00 bits per heavy atom. The first-order valence-electron chi connectivity index (χ1n) is 5.43. The van der Waals surface area contributed by atoms with E-state index < -0.39 is 0 Å². The molecule has 1 aromatic heterocycles. The van der Waals surface area contributed by atoms with Crippen molar-refractivity contribution in [3.63, 3.8) is 0 Å². The number of pyridine rings is 1. The molecule has 1 fully saturated rings. The Kier molecular flexibility index (Phi) is 2.71. The van der Waals surface area contributed by atoms with Crippen LogP contribution in [0.2, 0.25) is 0 Å². The average molecular weight is 190 g/mol. The number of aryl methyl sites for hydroxylation is 1. The molecule has 0 aromatic carbocycles. The SMILES string of the molecule is Cc1cccnc1NCC(C)C1CC1. The van der Waals surface area contributed by atoms with Crippen molar-refractivity contribution < 1.29 is 0 Å². The Morgan fingerprint density at radius 2 is 2.36 bits per heavy atom. The van der Waals surface area contributed by atoms with E-state index >= 15 is 0 Å². The second-order valence-electron chi connectivity index (χ2n) is 4.36. The summed E-state index contributed by atoms with van der Waals surface area (Å²) in [6.07, 6.45) is 4.69. The number of nitrogens with one attached hydrogen (secondary N) is 1. The lowest BCUT2D eigenvalue weighted by Gasteiger charge is -2.13. The van der Waals surface area contributed by atoms with Crippen LogP contribution in [0.3, 0.4) is 0 Å². The van der Waals surface area contributed by atoms with E-state index in [1.807, 2.05) is 12.3 Å². The number of hydrogen-bond acceptors (Lipinski definition) is 2. The van der Waals surface area contributed by atoms with Crippen LogP contribution >= 0.6 is 0 Å². The van der Waals surface area contributed by atoms with Gasteiger partial charge in [0.15, 0.2) is 0 Å². The minimum atomic E-state index is 0.788. The molecular formula is C12H18N2. The van der Waals surface area contributed by atoms with Gasteiger partial charge in [-0.3, -0.25) is 0 Å². The molecule has 0 amide bonds. The van der Waals surface area contributed by atoms with Crippen LogP contribution in [0.25, 0.3) is 0 Å². The smallest absolute Gasteiger partial charge is 0.128 e. The Bertz CT molecular complexity index is 305. The van der Waals surface area contributed by atoms with Gasteiger partial charge < -0.3 is 5.32 Å². The summed E-state index contributed by atoms with van der Waals surface area (Å²) in [5.41, 5.74) is 1.23. The molecule has 0 aliphatic heterocycles. The zero-order valence-corrected chi connectivity index (χ0v) is 8.96. The third kappa shape index (κ3) is 2.25. The van der Waals surface area contributed by atoms with Crippen molar-refractivity contribution in [3.05, 3.63) is 23.9 Å². The van der Waals surface area contributed by atoms with Crippen LogP contribution in [-0.2, 0) is 0 Å². The van der Waals surface area contributed by atoms with Gasteiger partial charge in [-0.15, -0.1) is 0 Å². The van der Waals surface area contributed by atoms with Gasteiger partial charge in [0.2, 0.25) is 0 Å². The summed E-state index contributed by atoms with van der Waals surface area (Å²) < 4.78 is 0. The molecule has 1 aromatic rings. The summed E-state index contributed by atoms with van der Waals surface area (Å²) in [6.45, 7) is 5.47. The van der Waals surface area contributed by atoms with Gasteiger partial charge in [0.25, 0.3) is 0 Å². The predicted molar refractivity (Wildman–Crippen MR) is 59.4 cm³/mol. The van der Waals surface area contributed by atoms with Crippen LogP contribution in [0.4, 0.5) is 5.82 Å². The average Bonchev–Trinajstić information content (AvgIpc) is 2.99. The number of hydrogen-bond donors (Lipinski definition) is 1. The summed E-state index contributed by atoms with van der Waals surface area (Å²) in [5.74, 6) is 2.79. The van der Waals surface area contributed by atoms with E-state index in [1.54, 1.807) is 0 Å². The maximum absolute atomic E-state index is 4.32. The molecule has 2 rings (SSSR count). The molecular weight excluding hydrogens is 172 g/mol. The van der Waals surface area contributed by atoms with Crippen LogP contribution in [0.5, 0.6) is 0 Å². The minimum Gasteiger partial charge on any atom is -0.370 e. The van der Waals surface area contributed by atoms with Gasteiger partial charge in [-0.25, -0.2) is 4.98 Å². The fourth-order valence-corrected chi connectivity index (χ4v) is 1.76. The second kappa shape index (κ2) is 3.99. The van der Waals surface area contributed by atoms with Crippen molar-refractivity contribution in [2.45, 2.75) is 26.7 Å². The lowest BCUT2D eigenvalue weighted by atomic mass is 10.1. The Hall–Kier alpha value is -1.05. The van der Waals surface area contributed by atoms with Crippen LogP contribution in [0.1, 0.15) is 25.3 Å². The third-order valence-electron chi connectivity index (χ3n) is 3.03. The van der Waals surface area contributed by atoms with Gasteiger partial charge >= 0.3 is 0 Å². The highest BCUT2D eigenvalue weighted by Crippen LogP contribution is 2.36. The molecule has 76 valence electrons. The van der Waals surface area contributed by atoms with Crippen LogP contribution in [0.15, 0.2) is 18.3 Å². The lowest BCUT2D eigenvalue weighted by Crippen LogP contribution is -2.14. The van der Waals surface area contributed by atoms with Gasteiger partial charge in [0, 0.05) is 12.7 Å². The highest BCUT2D eigenvalue weighted by atomic mass is 15.0. The monoisotopic (exact) mass is 190 g/mol. The fraction of sp³-hybridized carbons (Fsp3) is 0.583. The van der Waals surface area contributed by atoms with Crippen LogP contribution in [-0.4, -0.2) is 11.5 Å². The van der Waals surface area contributed by atoms with Crippen LogP contribution < -0.4 is 5.32 Å². The molecule has 2 heteroatoms. The van der Waals surface area contributed by atoms with Gasteiger partial charge in [-0.2, -0.15) is 0 Å². The van der Waals surface area contributed by atoms with Gasteiger partial charge in [-0.05, 0) is 43.2 Å². The molecule has 0 saturated heterocycles. The first-order valence-corrected chi connectivity index (χ1v) is 5.43. The quantitative estimate of drug-likeness (QED) is 0.789. The van der Waals surface area contributed by atoms with Gasteiger partial charge in [0.1, 0.15) is 5.82 Å². The molecule has 1 heterocycles. The molecule has 14 heavy (non-hydrogen) atoms. The number of rotatable bonds is 4. The number of aromatic nitrogens is 1. The van der Waals surface area contributed by atoms with Crippen LogP contribution in [0, 0.1) is 18.8 Å². The molecule has 1 atom stereocenters. The Balaban J connectivity index is 1.87. The van der Waals surface area contributed by atoms with Crippen molar-refractivity contribution in [2.75, 3.05) is 11.9 Å². The molecule has 0 bridgehead atoms. The first-order chi connectivity index (χ1) is 6.77. The van der Waals surface area contributed by atoms with Crippen molar-refractivity contribution >= 4 is 5.82 Å². The Labute approximate surface area is 85.7 Å². The molecule has 1 N–H and O–H groups in total. The molecule has 1 unspecified atom stereocenters. The highest BCUT2D eigenvalue weighted by molar-refractivity contribution is 5.42. The van der Waals surface area contributed by atoms with E-state index in [0.29, 0.717) is 0 Å². The summed E-state index contributed by atoms with van der Waals surface area (Å²) in [5, 5.41) is 3.42. The topological polar surface area (TPSA) is 24.9 Å².